The first kappa shape index (κ1) is 13.6. The second-order valence-corrected chi connectivity index (χ2v) is 6.36. The summed E-state index contributed by atoms with van der Waals surface area (Å²) in [5.41, 5.74) is 5.61. The number of aryl methyl sites for hydroxylation is 1. The minimum Gasteiger partial charge on any atom is -0.331 e. The number of hydrazine groups is 1. The van der Waals surface area contributed by atoms with Crippen LogP contribution in [0.1, 0.15) is 38.4 Å². The van der Waals surface area contributed by atoms with E-state index in [2.05, 4.69) is 42.2 Å². The summed E-state index contributed by atoms with van der Waals surface area (Å²) >= 11 is 0. The first-order valence-corrected chi connectivity index (χ1v) is 7.50. The lowest BCUT2D eigenvalue weighted by atomic mass is 9.79. The highest BCUT2D eigenvalue weighted by Gasteiger charge is 2.37. The van der Waals surface area contributed by atoms with E-state index in [-0.39, 0.29) is 0 Å². The topological polar surface area (TPSA) is 55.9 Å². The Morgan fingerprint density at radius 1 is 1.35 bits per heavy atom. The van der Waals surface area contributed by atoms with Gasteiger partial charge < -0.3 is 4.57 Å². The van der Waals surface area contributed by atoms with Gasteiger partial charge in [-0.15, -0.1) is 0 Å². The Bertz CT molecular complexity index is 596. The fourth-order valence-electron chi connectivity index (χ4n) is 3.60. The maximum Gasteiger partial charge on any atom is 0.111 e. The molecule has 1 fully saturated rings. The molecule has 0 bridgehead atoms. The second kappa shape index (κ2) is 5.19. The van der Waals surface area contributed by atoms with Crippen molar-refractivity contribution in [2.24, 2.45) is 18.3 Å². The van der Waals surface area contributed by atoms with Crippen molar-refractivity contribution in [1.82, 2.24) is 15.0 Å². The number of fused-ring (bicyclic) bond motifs is 1. The minimum atomic E-state index is 0.292. The van der Waals surface area contributed by atoms with E-state index in [1.165, 1.54) is 31.2 Å². The molecule has 3 N–H and O–H groups in total. The molecule has 0 amide bonds. The predicted molar refractivity (Wildman–Crippen MR) is 82.1 cm³/mol. The summed E-state index contributed by atoms with van der Waals surface area (Å²) in [5, 5.41) is 0. The molecule has 1 atom stereocenters. The number of nitrogens with one attached hydrogen (secondary N) is 1. The molecule has 0 aliphatic heterocycles. The molecular weight excluding hydrogens is 248 g/mol. The van der Waals surface area contributed by atoms with Crippen molar-refractivity contribution in [3.05, 3.63) is 30.1 Å². The van der Waals surface area contributed by atoms with Gasteiger partial charge in [-0.05, 0) is 30.4 Å². The number of hydrogen-bond acceptors (Lipinski definition) is 3. The number of nitrogens with zero attached hydrogens (tertiary/aromatic N) is 2. The molecule has 0 spiro atoms. The van der Waals surface area contributed by atoms with E-state index in [0.29, 0.717) is 11.5 Å². The highest BCUT2D eigenvalue weighted by molar-refractivity contribution is 5.75. The van der Waals surface area contributed by atoms with Gasteiger partial charge in [0.05, 0.1) is 11.0 Å². The lowest BCUT2D eigenvalue weighted by Gasteiger charge is -2.33. The van der Waals surface area contributed by atoms with Crippen LogP contribution in [0.25, 0.3) is 11.0 Å². The van der Waals surface area contributed by atoms with E-state index in [4.69, 9.17) is 10.8 Å². The molecule has 108 valence electrons. The van der Waals surface area contributed by atoms with Gasteiger partial charge in [0.15, 0.2) is 0 Å². The van der Waals surface area contributed by atoms with E-state index in [1.807, 2.05) is 6.07 Å². The van der Waals surface area contributed by atoms with Crippen LogP contribution in [0.15, 0.2) is 24.3 Å². The van der Waals surface area contributed by atoms with Crippen LogP contribution in [0.2, 0.25) is 0 Å². The Labute approximate surface area is 120 Å². The van der Waals surface area contributed by atoms with Crippen molar-refractivity contribution in [2.45, 2.75) is 45.1 Å². The fraction of sp³-hybridized carbons (Fsp3) is 0.562. The van der Waals surface area contributed by atoms with Crippen molar-refractivity contribution in [2.75, 3.05) is 0 Å². The van der Waals surface area contributed by atoms with Gasteiger partial charge in [0.1, 0.15) is 5.82 Å². The number of imidazole rings is 1. The van der Waals surface area contributed by atoms with Crippen LogP contribution in [0.3, 0.4) is 0 Å². The molecule has 1 unspecified atom stereocenters. The Morgan fingerprint density at radius 3 is 2.70 bits per heavy atom. The van der Waals surface area contributed by atoms with Gasteiger partial charge in [-0.3, -0.25) is 11.3 Å². The van der Waals surface area contributed by atoms with Gasteiger partial charge in [0.2, 0.25) is 0 Å². The standard InChI is InChI=1S/C16H24N4/c1-16(9-5-6-10-16)14(19-17)11-15-18-12-7-3-4-8-13(12)20(15)2/h3-4,7-8,14,19H,5-6,9-11,17H2,1-2H3. The third-order valence-electron chi connectivity index (χ3n) is 5.05. The zero-order valence-corrected chi connectivity index (χ0v) is 12.4. The van der Waals surface area contributed by atoms with Crippen LogP contribution in [-0.4, -0.2) is 15.6 Å². The molecule has 4 nitrogen and oxygen atoms in total. The zero-order chi connectivity index (χ0) is 14.2. The van der Waals surface area contributed by atoms with Gasteiger partial charge in [0.25, 0.3) is 0 Å². The van der Waals surface area contributed by atoms with Crippen LogP contribution in [-0.2, 0) is 13.5 Å². The van der Waals surface area contributed by atoms with Gasteiger partial charge >= 0.3 is 0 Å². The molecule has 1 heterocycles. The average Bonchev–Trinajstić information content (AvgIpc) is 3.02. The first-order valence-electron chi connectivity index (χ1n) is 7.50. The average molecular weight is 272 g/mol. The third kappa shape index (κ3) is 2.23. The fourth-order valence-corrected chi connectivity index (χ4v) is 3.60. The van der Waals surface area contributed by atoms with Crippen molar-refractivity contribution in [1.29, 1.82) is 0 Å². The highest BCUT2D eigenvalue weighted by Crippen LogP contribution is 2.41. The quantitative estimate of drug-likeness (QED) is 0.664. The van der Waals surface area contributed by atoms with E-state index in [1.54, 1.807) is 0 Å². The number of nitrogens with two attached hydrogens (primary N) is 1. The number of benzene rings is 1. The van der Waals surface area contributed by atoms with Crippen molar-refractivity contribution in [3.8, 4) is 0 Å². The third-order valence-corrected chi connectivity index (χ3v) is 5.05. The Morgan fingerprint density at radius 2 is 2.05 bits per heavy atom. The summed E-state index contributed by atoms with van der Waals surface area (Å²) in [4.78, 5) is 4.77. The van der Waals surface area contributed by atoms with Crippen molar-refractivity contribution >= 4 is 11.0 Å². The summed E-state index contributed by atoms with van der Waals surface area (Å²) in [6, 6.07) is 8.58. The van der Waals surface area contributed by atoms with Gasteiger partial charge in [-0.25, -0.2) is 4.98 Å². The van der Waals surface area contributed by atoms with E-state index in [0.717, 1.165) is 17.8 Å². The molecule has 1 aliphatic carbocycles. The molecule has 4 heteroatoms. The van der Waals surface area contributed by atoms with E-state index >= 15 is 0 Å². The van der Waals surface area contributed by atoms with Gasteiger partial charge in [0, 0.05) is 19.5 Å². The summed E-state index contributed by atoms with van der Waals surface area (Å²) < 4.78 is 2.19. The number of rotatable bonds is 4. The van der Waals surface area contributed by atoms with E-state index < -0.39 is 0 Å². The molecule has 0 radical (unpaired) electrons. The molecule has 1 aliphatic rings. The Kier molecular flexibility index (Phi) is 3.52. The Balaban J connectivity index is 1.89. The smallest absolute Gasteiger partial charge is 0.111 e. The van der Waals surface area contributed by atoms with Gasteiger partial charge in [-0.2, -0.15) is 0 Å². The predicted octanol–water partition coefficient (Wildman–Crippen LogP) is 2.53. The molecule has 1 aromatic heterocycles. The van der Waals surface area contributed by atoms with Crippen molar-refractivity contribution < 1.29 is 0 Å². The number of aromatic nitrogens is 2. The molecule has 20 heavy (non-hydrogen) atoms. The molecule has 0 saturated heterocycles. The van der Waals surface area contributed by atoms with Crippen LogP contribution >= 0.6 is 0 Å². The van der Waals surface area contributed by atoms with Crippen LogP contribution in [0.5, 0.6) is 0 Å². The van der Waals surface area contributed by atoms with Crippen LogP contribution in [0, 0.1) is 5.41 Å². The first-order chi connectivity index (χ1) is 9.64. The summed E-state index contributed by atoms with van der Waals surface area (Å²) in [5.74, 6) is 6.96. The zero-order valence-electron chi connectivity index (χ0n) is 12.4. The highest BCUT2D eigenvalue weighted by atomic mass is 15.2. The monoisotopic (exact) mass is 272 g/mol. The molecule has 1 aromatic carbocycles. The normalized spacial score (nSPS) is 19.6. The summed E-state index contributed by atoms with van der Waals surface area (Å²) in [6.45, 7) is 2.35. The van der Waals surface area contributed by atoms with Crippen molar-refractivity contribution in [3.63, 3.8) is 0 Å². The molecular formula is C16H24N4. The summed E-state index contributed by atoms with van der Waals surface area (Å²) in [6.07, 6.45) is 6.03. The van der Waals surface area contributed by atoms with Crippen LogP contribution < -0.4 is 11.3 Å². The Hall–Kier alpha value is -1.39. The number of para-hydroxylation sites is 2. The largest absolute Gasteiger partial charge is 0.331 e. The molecule has 3 rings (SSSR count). The maximum absolute atomic E-state index is 5.84. The lowest BCUT2D eigenvalue weighted by Crippen LogP contribution is -2.47. The number of hydrogen-bond donors (Lipinski definition) is 2. The second-order valence-electron chi connectivity index (χ2n) is 6.36. The van der Waals surface area contributed by atoms with E-state index in [9.17, 15) is 0 Å². The van der Waals surface area contributed by atoms with Gasteiger partial charge in [-0.1, -0.05) is 31.9 Å². The SMILES string of the molecule is Cn1c(CC(NN)C2(C)CCCC2)nc2ccccc21. The lowest BCUT2D eigenvalue weighted by molar-refractivity contribution is 0.217. The molecule has 1 saturated carbocycles. The molecule has 2 aromatic rings. The van der Waals surface area contributed by atoms with Crippen LogP contribution in [0.4, 0.5) is 0 Å². The summed E-state index contributed by atoms with van der Waals surface area (Å²) in [7, 11) is 2.09. The minimum absolute atomic E-state index is 0.292. The maximum atomic E-state index is 5.84.